The van der Waals surface area contributed by atoms with Gasteiger partial charge in [0.1, 0.15) is 5.75 Å². The molecule has 0 spiro atoms. The molecule has 0 heterocycles. The lowest BCUT2D eigenvalue weighted by atomic mass is 10.1. The molecule has 0 bridgehead atoms. The molecule has 0 unspecified atom stereocenters. The van der Waals surface area contributed by atoms with Crippen molar-refractivity contribution in [3.8, 4) is 5.75 Å². The summed E-state index contributed by atoms with van der Waals surface area (Å²) in [5, 5.41) is 0.704. The first-order valence-corrected chi connectivity index (χ1v) is 7.24. The van der Waals surface area contributed by atoms with Crippen molar-refractivity contribution >= 4 is 17.6 Å². The highest BCUT2D eigenvalue weighted by atomic mass is 35.5. The first-order valence-electron chi connectivity index (χ1n) is 6.86. The topological polar surface area (TPSA) is 35.5 Å². The van der Waals surface area contributed by atoms with Gasteiger partial charge in [-0.25, -0.2) is 4.79 Å². The molecular formula is C16H21ClO3. The number of unbranched alkanes of at least 4 members (excludes halogenated alkanes) is 2. The molecule has 0 aliphatic carbocycles. The number of esters is 1. The normalized spacial score (nSPS) is 10.1. The summed E-state index contributed by atoms with van der Waals surface area (Å²) < 4.78 is 10.5. The first kappa shape index (κ1) is 16.6. The molecule has 0 amide bonds. The van der Waals surface area contributed by atoms with E-state index in [2.05, 4.69) is 6.58 Å². The van der Waals surface area contributed by atoms with E-state index in [-0.39, 0.29) is 5.97 Å². The van der Waals surface area contributed by atoms with Gasteiger partial charge in [-0.15, -0.1) is 0 Å². The lowest BCUT2D eigenvalue weighted by Crippen LogP contribution is -2.06. The van der Waals surface area contributed by atoms with Crippen LogP contribution in [-0.2, 0) is 9.53 Å². The van der Waals surface area contributed by atoms with E-state index in [9.17, 15) is 4.79 Å². The number of ether oxygens (including phenoxy) is 2. The summed E-state index contributed by atoms with van der Waals surface area (Å²) in [4.78, 5) is 11.3. The monoisotopic (exact) mass is 296 g/mol. The highest BCUT2D eigenvalue weighted by Crippen LogP contribution is 2.16. The van der Waals surface area contributed by atoms with E-state index in [1.54, 1.807) is 19.1 Å². The van der Waals surface area contributed by atoms with Crippen molar-refractivity contribution in [3.63, 3.8) is 0 Å². The lowest BCUT2D eigenvalue weighted by molar-refractivity contribution is -0.138. The van der Waals surface area contributed by atoms with Crippen molar-refractivity contribution in [2.24, 2.45) is 0 Å². The van der Waals surface area contributed by atoms with Gasteiger partial charge in [0, 0.05) is 10.6 Å². The number of carbonyl (C=O) groups excluding carboxylic acids is 1. The van der Waals surface area contributed by atoms with Crippen LogP contribution in [0.4, 0.5) is 0 Å². The number of hydrogen-bond acceptors (Lipinski definition) is 3. The summed E-state index contributed by atoms with van der Waals surface area (Å²) in [5.74, 6) is 0.537. The third kappa shape index (κ3) is 6.62. The second-order valence-electron chi connectivity index (χ2n) is 4.44. The van der Waals surface area contributed by atoms with Crippen LogP contribution >= 0.6 is 11.6 Å². The maximum atomic E-state index is 11.3. The number of halogens is 1. The molecule has 0 aliphatic heterocycles. The summed E-state index contributed by atoms with van der Waals surface area (Å²) in [5.41, 5.74) is 0.547. The molecule has 0 atom stereocenters. The molecule has 0 N–H and O–H groups in total. The van der Waals surface area contributed by atoms with Gasteiger partial charge in [0.05, 0.1) is 13.2 Å². The van der Waals surface area contributed by atoms with E-state index < -0.39 is 0 Å². The molecule has 1 aromatic rings. The van der Waals surface area contributed by atoms with Crippen LogP contribution in [0.25, 0.3) is 0 Å². The van der Waals surface area contributed by atoms with Gasteiger partial charge in [-0.1, -0.05) is 18.2 Å². The third-order valence-corrected chi connectivity index (χ3v) is 3.02. The zero-order chi connectivity index (χ0) is 14.8. The van der Waals surface area contributed by atoms with Gasteiger partial charge in [-0.2, -0.15) is 0 Å². The Morgan fingerprint density at radius 1 is 1.20 bits per heavy atom. The van der Waals surface area contributed by atoms with Crippen molar-refractivity contribution in [3.05, 3.63) is 41.4 Å². The fraction of sp³-hybridized carbons (Fsp3) is 0.438. The summed E-state index contributed by atoms with van der Waals surface area (Å²) in [6.45, 7) is 6.58. The van der Waals surface area contributed by atoms with Crippen LogP contribution in [0.15, 0.2) is 36.4 Å². The summed E-state index contributed by atoms with van der Waals surface area (Å²) >= 11 is 5.79. The van der Waals surface area contributed by atoms with E-state index in [0.717, 1.165) is 25.0 Å². The second kappa shape index (κ2) is 9.43. The molecule has 0 saturated heterocycles. The van der Waals surface area contributed by atoms with Crippen molar-refractivity contribution in [2.45, 2.75) is 32.6 Å². The lowest BCUT2D eigenvalue weighted by Gasteiger charge is -2.07. The van der Waals surface area contributed by atoms with Crippen LogP contribution in [-0.4, -0.2) is 19.2 Å². The molecule has 0 aliphatic rings. The second-order valence-corrected chi connectivity index (χ2v) is 4.87. The zero-order valence-corrected chi connectivity index (χ0v) is 12.6. The largest absolute Gasteiger partial charge is 0.494 e. The van der Waals surface area contributed by atoms with Crippen LogP contribution in [0.5, 0.6) is 5.75 Å². The number of benzene rings is 1. The van der Waals surface area contributed by atoms with Gasteiger partial charge >= 0.3 is 5.97 Å². The van der Waals surface area contributed by atoms with Gasteiger partial charge in [0.25, 0.3) is 0 Å². The van der Waals surface area contributed by atoms with Crippen molar-refractivity contribution in [2.75, 3.05) is 13.2 Å². The summed E-state index contributed by atoms with van der Waals surface area (Å²) in [6, 6.07) is 7.32. The minimum Gasteiger partial charge on any atom is -0.494 e. The van der Waals surface area contributed by atoms with E-state index in [1.807, 2.05) is 12.1 Å². The molecule has 1 aromatic carbocycles. The van der Waals surface area contributed by atoms with Gasteiger partial charge in [0.15, 0.2) is 0 Å². The molecule has 110 valence electrons. The SMILES string of the molecule is C=C(CCCCCOc1ccc(Cl)cc1)C(=O)OCC. The fourth-order valence-corrected chi connectivity index (χ4v) is 1.80. The Bertz CT molecular complexity index is 426. The Balaban J connectivity index is 2.06. The molecular weight excluding hydrogens is 276 g/mol. The Morgan fingerprint density at radius 3 is 2.55 bits per heavy atom. The van der Waals surface area contributed by atoms with E-state index in [1.165, 1.54) is 0 Å². The molecule has 0 radical (unpaired) electrons. The van der Waals surface area contributed by atoms with Gasteiger partial charge in [0.2, 0.25) is 0 Å². The predicted octanol–water partition coefficient (Wildman–Crippen LogP) is 4.40. The molecule has 0 fully saturated rings. The number of hydrogen-bond donors (Lipinski definition) is 0. The maximum Gasteiger partial charge on any atom is 0.333 e. The van der Waals surface area contributed by atoms with Crippen LogP contribution in [0.1, 0.15) is 32.6 Å². The Morgan fingerprint density at radius 2 is 1.90 bits per heavy atom. The van der Waals surface area contributed by atoms with Crippen molar-refractivity contribution < 1.29 is 14.3 Å². The van der Waals surface area contributed by atoms with Crippen LogP contribution in [0, 0.1) is 0 Å². The van der Waals surface area contributed by atoms with E-state index in [4.69, 9.17) is 21.1 Å². The van der Waals surface area contributed by atoms with Crippen LogP contribution in [0.2, 0.25) is 5.02 Å². The molecule has 20 heavy (non-hydrogen) atoms. The highest BCUT2D eigenvalue weighted by molar-refractivity contribution is 6.30. The van der Waals surface area contributed by atoms with E-state index >= 15 is 0 Å². The smallest absolute Gasteiger partial charge is 0.333 e. The maximum absolute atomic E-state index is 11.3. The van der Waals surface area contributed by atoms with E-state index in [0.29, 0.717) is 30.2 Å². The average Bonchev–Trinajstić information content (AvgIpc) is 2.44. The number of rotatable bonds is 9. The quantitative estimate of drug-likeness (QED) is 0.385. The Kier molecular flexibility index (Phi) is 7.81. The molecule has 3 nitrogen and oxygen atoms in total. The first-order chi connectivity index (χ1) is 9.63. The summed E-state index contributed by atoms with van der Waals surface area (Å²) in [7, 11) is 0. The standard InChI is InChI=1S/C16H21ClO3/c1-3-19-16(18)13(2)7-5-4-6-12-20-15-10-8-14(17)9-11-15/h8-11H,2-7,12H2,1H3. The van der Waals surface area contributed by atoms with Gasteiger partial charge < -0.3 is 9.47 Å². The third-order valence-electron chi connectivity index (χ3n) is 2.77. The molecule has 0 aromatic heterocycles. The average molecular weight is 297 g/mol. The molecule has 1 rings (SSSR count). The summed E-state index contributed by atoms with van der Waals surface area (Å²) in [6.07, 6.45) is 3.53. The molecule has 4 heteroatoms. The fourth-order valence-electron chi connectivity index (χ4n) is 1.67. The minimum absolute atomic E-state index is 0.287. The Hall–Kier alpha value is -1.48. The zero-order valence-electron chi connectivity index (χ0n) is 11.9. The van der Waals surface area contributed by atoms with Crippen LogP contribution in [0.3, 0.4) is 0 Å². The van der Waals surface area contributed by atoms with Crippen molar-refractivity contribution in [1.29, 1.82) is 0 Å². The van der Waals surface area contributed by atoms with Gasteiger partial charge in [-0.05, 0) is 56.9 Å². The van der Waals surface area contributed by atoms with Gasteiger partial charge in [-0.3, -0.25) is 0 Å². The molecule has 0 saturated carbocycles. The van der Waals surface area contributed by atoms with Crippen molar-refractivity contribution in [1.82, 2.24) is 0 Å². The Labute approximate surface area is 125 Å². The number of carbonyl (C=O) groups is 1. The van der Waals surface area contributed by atoms with Crippen LogP contribution < -0.4 is 4.74 Å². The minimum atomic E-state index is -0.287. The predicted molar refractivity (Wildman–Crippen MR) is 81.2 cm³/mol. The highest BCUT2D eigenvalue weighted by Gasteiger charge is 2.06.